The van der Waals surface area contributed by atoms with Gasteiger partial charge in [0.1, 0.15) is 6.33 Å². The predicted molar refractivity (Wildman–Crippen MR) is 103 cm³/mol. The number of carbonyl (C=O) groups excluding carboxylic acids is 2. The van der Waals surface area contributed by atoms with Crippen LogP contribution in [-0.2, 0) is 10.2 Å². The molecular weight excluding hydrogens is 354 g/mol. The first-order chi connectivity index (χ1) is 13.7. The topological polar surface area (TPSA) is 91.0 Å². The third kappa shape index (κ3) is 2.80. The van der Waals surface area contributed by atoms with Crippen LogP contribution in [0.25, 0.3) is 0 Å². The quantitative estimate of drug-likeness (QED) is 0.855. The van der Waals surface area contributed by atoms with Crippen molar-refractivity contribution in [3.05, 3.63) is 47.5 Å². The van der Waals surface area contributed by atoms with Crippen LogP contribution in [0.15, 0.2) is 30.6 Å². The van der Waals surface area contributed by atoms with E-state index in [0.717, 1.165) is 32.1 Å². The van der Waals surface area contributed by atoms with Gasteiger partial charge < -0.3 is 10.2 Å². The smallest absolute Gasteiger partial charge is 0.291 e. The second kappa shape index (κ2) is 6.72. The molecule has 1 spiro atoms. The number of piperidine rings is 1. The molecule has 0 unspecified atom stereocenters. The van der Waals surface area contributed by atoms with Crippen LogP contribution in [0, 0.1) is 0 Å². The highest BCUT2D eigenvalue weighted by Crippen LogP contribution is 2.51. The van der Waals surface area contributed by atoms with Crippen LogP contribution in [0.2, 0.25) is 0 Å². The van der Waals surface area contributed by atoms with Gasteiger partial charge in [-0.05, 0) is 49.7 Å². The van der Waals surface area contributed by atoms with Crippen molar-refractivity contribution < 1.29 is 9.59 Å². The number of nitrogens with zero attached hydrogens (tertiary/aromatic N) is 3. The van der Waals surface area contributed by atoms with E-state index in [9.17, 15) is 9.59 Å². The summed E-state index contributed by atoms with van der Waals surface area (Å²) in [6.45, 7) is 1.34. The van der Waals surface area contributed by atoms with Crippen molar-refractivity contribution in [2.45, 2.75) is 55.9 Å². The number of likely N-dealkylation sites (tertiary alicyclic amines) is 1. The molecule has 146 valence electrons. The molecular formula is C21H25N5O2. The summed E-state index contributed by atoms with van der Waals surface area (Å²) >= 11 is 0. The Labute approximate surface area is 163 Å². The average Bonchev–Trinajstić information content (AvgIpc) is 3.33. The lowest BCUT2D eigenvalue weighted by atomic mass is 9.73. The number of H-pyrrole nitrogens is 1. The van der Waals surface area contributed by atoms with Crippen molar-refractivity contribution in [1.29, 1.82) is 0 Å². The number of aromatic nitrogens is 3. The second-order valence-electron chi connectivity index (χ2n) is 8.39. The van der Waals surface area contributed by atoms with Gasteiger partial charge >= 0.3 is 0 Å². The van der Waals surface area contributed by atoms with Gasteiger partial charge in [-0.25, -0.2) is 4.98 Å². The molecule has 5 rings (SSSR count). The second-order valence-corrected chi connectivity index (χ2v) is 8.39. The molecule has 7 nitrogen and oxygen atoms in total. The first kappa shape index (κ1) is 17.4. The molecule has 1 aromatic carbocycles. The third-order valence-electron chi connectivity index (χ3n) is 6.90. The standard InChI is InChI=1S/C21H25N5O2/c27-19(24-14-4-3-5-14)16-12-21(17-7-2-1-6-15(16)17)8-10-26(11-9-21)20(28)18-22-13-23-25-18/h1-2,6-7,13-14,16H,3-5,8-12H2,(H,24,27)(H,22,23,25)/t16-/m1/s1. The molecule has 1 saturated heterocycles. The number of amides is 2. The molecule has 0 radical (unpaired) electrons. The Balaban J connectivity index is 1.34. The normalized spacial score (nSPS) is 23.3. The lowest BCUT2D eigenvalue weighted by molar-refractivity contribution is -0.124. The number of carbonyl (C=O) groups is 2. The summed E-state index contributed by atoms with van der Waals surface area (Å²) in [4.78, 5) is 31.4. The highest BCUT2D eigenvalue weighted by Gasteiger charge is 2.48. The zero-order chi connectivity index (χ0) is 19.1. The first-order valence-electron chi connectivity index (χ1n) is 10.2. The first-order valence-corrected chi connectivity index (χ1v) is 10.2. The highest BCUT2D eigenvalue weighted by molar-refractivity contribution is 5.90. The van der Waals surface area contributed by atoms with Crippen molar-refractivity contribution in [2.24, 2.45) is 0 Å². The van der Waals surface area contributed by atoms with Crippen molar-refractivity contribution in [3.63, 3.8) is 0 Å². The zero-order valence-electron chi connectivity index (χ0n) is 15.9. The molecule has 7 heteroatoms. The van der Waals surface area contributed by atoms with E-state index in [1.807, 2.05) is 11.0 Å². The van der Waals surface area contributed by atoms with Crippen LogP contribution in [-0.4, -0.2) is 51.0 Å². The van der Waals surface area contributed by atoms with E-state index in [0.29, 0.717) is 25.0 Å². The Morgan fingerprint density at radius 2 is 1.96 bits per heavy atom. The van der Waals surface area contributed by atoms with Crippen molar-refractivity contribution >= 4 is 11.8 Å². The molecule has 2 aromatic rings. The fourth-order valence-corrected chi connectivity index (χ4v) is 5.05. The maximum absolute atomic E-state index is 13.0. The van der Waals surface area contributed by atoms with Crippen molar-refractivity contribution in [2.75, 3.05) is 13.1 Å². The Morgan fingerprint density at radius 3 is 2.64 bits per heavy atom. The Morgan fingerprint density at radius 1 is 1.18 bits per heavy atom. The van der Waals surface area contributed by atoms with Gasteiger partial charge in [-0.2, -0.15) is 5.10 Å². The Kier molecular flexibility index (Phi) is 4.18. The van der Waals surface area contributed by atoms with Gasteiger partial charge in [0.05, 0.1) is 5.92 Å². The molecule has 1 atom stereocenters. The molecule has 1 aromatic heterocycles. The third-order valence-corrected chi connectivity index (χ3v) is 6.90. The van der Waals surface area contributed by atoms with Crippen LogP contribution in [0.5, 0.6) is 0 Å². The van der Waals surface area contributed by atoms with Crippen molar-refractivity contribution in [3.8, 4) is 0 Å². The Hall–Kier alpha value is -2.70. The van der Waals surface area contributed by atoms with Gasteiger partial charge in [-0.15, -0.1) is 0 Å². The molecule has 0 bridgehead atoms. The Bertz CT molecular complexity index is 882. The molecule has 2 amide bonds. The highest BCUT2D eigenvalue weighted by atomic mass is 16.2. The molecule has 1 saturated carbocycles. The largest absolute Gasteiger partial charge is 0.353 e. The molecule has 2 fully saturated rings. The minimum Gasteiger partial charge on any atom is -0.353 e. The van der Waals surface area contributed by atoms with Crippen LogP contribution in [0.3, 0.4) is 0 Å². The van der Waals surface area contributed by atoms with E-state index < -0.39 is 0 Å². The van der Waals surface area contributed by atoms with Crippen LogP contribution in [0.4, 0.5) is 0 Å². The number of hydrogen-bond donors (Lipinski definition) is 2. The SMILES string of the molecule is O=C(NC1CCC1)[C@@H]1CC2(CCN(C(=O)c3ncn[nH]3)CC2)c2ccccc21. The minimum absolute atomic E-state index is 0.0175. The van der Waals surface area contributed by atoms with E-state index in [1.54, 1.807) is 0 Å². The van der Waals surface area contributed by atoms with Crippen molar-refractivity contribution in [1.82, 2.24) is 25.4 Å². The van der Waals surface area contributed by atoms with Gasteiger partial charge in [0.25, 0.3) is 5.91 Å². The summed E-state index contributed by atoms with van der Waals surface area (Å²) in [5.74, 6) is 0.293. The van der Waals surface area contributed by atoms with E-state index in [2.05, 4.69) is 38.7 Å². The fraction of sp³-hybridized carbons (Fsp3) is 0.524. The molecule has 2 aliphatic carbocycles. The summed E-state index contributed by atoms with van der Waals surface area (Å²) in [5, 5.41) is 9.68. The maximum Gasteiger partial charge on any atom is 0.291 e. The monoisotopic (exact) mass is 379 g/mol. The average molecular weight is 379 g/mol. The number of benzene rings is 1. The van der Waals surface area contributed by atoms with Gasteiger partial charge in [0.15, 0.2) is 0 Å². The number of aromatic amines is 1. The number of nitrogens with one attached hydrogen (secondary N) is 2. The van der Waals surface area contributed by atoms with Gasteiger partial charge in [0, 0.05) is 24.5 Å². The number of fused-ring (bicyclic) bond motifs is 2. The molecule has 1 aliphatic heterocycles. The summed E-state index contributed by atoms with van der Waals surface area (Å²) in [7, 11) is 0. The van der Waals surface area contributed by atoms with E-state index in [-0.39, 0.29) is 23.1 Å². The summed E-state index contributed by atoms with van der Waals surface area (Å²) in [6, 6.07) is 8.75. The number of rotatable bonds is 3. The summed E-state index contributed by atoms with van der Waals surface area (Å²) in [5.41, 5.74) is 2.46. The fourth-order valence-electron chi connectivity index (χ4n) is 5.05. The van der Waals surface area contributed by atoms with Gasteiger partial charge in [-0.1, -0.05) is 24.3 Å². The summed E-state index contributed by atoms with van der Waals surface area (Å²) < 4.78 is 0. The predicted octanol–water partition coefficient (Wildman–Crippen LogP) is 2.13. The van der Waals surface area contributed by atoms with E-state index in [4.69, 9.17) is 0 Å². The maximum atomic E-state index is 13.0. The van der Waals surface area contributed by atoms with Crippen LogP contribution < -0.4 is 5.32 Å². The van der Waals surface area contributed by atoms with E-state index >= 15 is 0 Å². The number of hydrogen-bond acceptors (Lipinski definition) is 4. The van der Waals surface area contributed by atoms with Gasteiger partial charge in [-0.3, -0.25) is 14.7 Å². The lowest BCUT2D eigenvalue weighted by Gasteiger charge is -2.40. The van der Waals surface area contributed by atoms with Crippen LogP contribution in [0.1, 0.15) is 66.2 Å². The molecule has 28 heavy (non-hydrogen) atoms. The molecule has 2 N–H and O–H groups in total. The molecule has 2 heterocycles. The van der Waals surface area contributed by atoms with Crippen LogP contribution >= 0.6 is 0 Å². The lowest BCUT2D eigenvalue weighted by Crippen LogP contribution is -2.45. The summed E-state index contributed by atoms with van der Waals surface area (Å²) in [6.07, 6.45) is 7.36. The molecule has 3 aliphatic rings. The minimum atomic E-state index is -0.0992. The zero-order valence-corrected chi connectivity index (χ0v) is 15.9. The van der Waals surface area contributed by atoms with E-state index in [1.165, 1.54) is 23.9 Å². The van der Waals surface area contributed by atoms with Gasteiger partial charge in [0.2, 0.25) is 11.7 Å².